The number of hydrogen-bond acceptors (Lipinski definition) is 3. The molecule has 1 aliphatic heterocycles. The fourth-order valence-corrected chi connectivity index (χ4v) is 3.55. The van der Waals surface area contributed by atoms with Crippen molar-refractivity contribution in [1.29, 1.82) is 0 Å². The molecule has 2 aliphatic rings. The van der Waals surface area contributed by atoms with Crippen molar-refractivity contribution in [1.82, 2.24) is 0 Å². The number of anilines is 2. The van der Waals surface area contributed by atoms with Crippen LogP contribution in [0.15, 0.2) is 24.3 Å². The molecule has 1 saturated heterocycles. The number of nitrogens with one attached hydrogen (secondary N) is 1. The van der Waals surface area contributed by atoms with E-state index in [-0.39, 0.29) is 17.9 Å². The lowest BCUT2D eigenvalue weighted by molar-refractivity contribution is -0.119. The lowest BCUT2D eigenvalue weighted by Gasteiger charge is -2.32. The normalized spacial score (nSPS) is 26.2. The number of piperidine rings is 1. The van der Waals surface area contributed by atoms with Gasteiger partial charge in [0.2, 0.25) is 5.91 Å². The molecule has 1 aromatic rings. The highest BCUT2D eigenvalue weighted by Gasteiger charge is 2.27. The topological polar surface area (TPSA) is 58.4 Å². The molecule has 1 aromatic carbocycles. The van der Waals surface area contributed by atoms with Crippen LogP contribution >= 0.6 is 0 Å². The Morgan fingerprint density at radius 1 is 1.23 bits per heavy atom. The lowest BCUT2D eigenvalue weighted by Crippen LogP contribution is -2.32. The molecule has 3 N–H and O–H groups in total. The minimum absolute atomic E-state index is 0.0782. The number of benzene rings is 1. The molecule has 22 heavy (non-hydrogen) atoms. The summed E-state index contributed by atoms with van der Waals surface area (Å²) in [5, 5.41) is 3.07. The standard InChI is InChI=1S/C18H27N3O/c1-13-7-9-21(10-8-13)17-4-2-3-16(12-17)20-18(22)14-5-6-15(19)11-14/h2-4,12-15H,5-11,19H2,1H3,(H,20,22). The molecule has 1 heterocycles. The first-order valence-corrected chi connectivity index (χ1v) is 8.53. The van der Waals surface area contributed by atoms with Gasteiger partial charge >= 0.3 is 0 Å². The first-order valence-electron chi connectivity index (χ1n) is 8.53. The van der Waals surface area contributed by atoms with Crippen molar-refractivity contribution in [2.45, 2.75) is 45.1 Å². The van der Waals surface area contributed by atoms with Gasteiger partial charge in [0.15, 0.2) is 0 Å². The molecule has 0 aromatic heterocycles. The van der Waals surface area contributed by atoms with Gasteiger partial charge in [-0.25, -0.2) is 0 Å². The zero-order valence-corrected chi connectivity index (χ0v) is 13.4. The molecule has 1 saturated carbocycles. The third-order valence-corrected chi connectivity index (χ3v) is 5.11. The Morgan fingerprint density at radius 2 is 2.00 bits per heavy atom. The highest BCUT2D eigenvalue weighted by Crippen LogP contribution is 2.28. The highest BCUT2D eigenvalue weighted by molar-refractivity contribution is 5.93. The van der Waals surface area contributed by atoms with E-state index in [1.807, 2.05) is 12.1 Å². The summed E-state index contributed by atoms with van der Waals surface area (Å²) in [5.41, 5.74) is 8.02. The van der Waals surface area contributed by atoms with Crippen LogP contribution in [0, 0.1) is 11.8 Å². The van der Waals surface area contributed by atoms with Crippen molar-refractivity contribution in [2.24, 2.45) is 17.6 Å². The molecular weight excluding hydrogens is 274 g/mol. The second-order valence-corrected chi connectivity index (χ2v) is 6.98. The maximum atomic E-state index is 12.3. The van der Waals surface area contributed by atoms with Gasteiger partial charge < -0.3 is 16.0 Å². The van der Waals surface area contributed by atoms with Gasteiger partial charge in [0, 0.05) is 36.4 Å². The number of carbonyl (C=O) groups is 1. The largest absolute Gasteiger partial charge is 0.371 e. The van der Waals surface area contributed by atoms with Gasteiger partial charge in [0.05, 0.1) is 0 Å². The summed E-state index contributed by atoms with van der Waals surface area (Å²) in [6, 6.07) is 8.43. The summed E-state index contributed by atoms with van der Waals surface area (Å²) < 4.78 is 0. The van der Waals surface area contributed by atoms with E-state index in [1.54, 1.807) is 0 Å². The molecule has 2 fully saturated rings. The molecule has 4 heteroatoms. The number of hydrogen-bond donors (Lipinski definition) is 2. The van der Waals surface area contributed by atoms with E-state index in [9.17, 15) is 4.79 Å². The van der Waals surface area contributed by atoms with Gasteiger partial charge in [-0.3, -0.25) is 4.79 Å². The quantitative estimate of drug-likeness (QED) is 0.902. The SMILES string of the molecule is CC1CCN(c2cccc(NC(=O)C3CCC(N)C3)c2)CC1. The van der Waals surface area contributed by atoms with Crippen LogP contribution in [0.4, 0.5) is 11.4 Å². The predicted octanol–water partition coefficient (Wildman–Crippen LogP) is 2.99. The van der Waals surface area contributed by atoms with E-state index in [0.29, 0.717) is 0 Å². The van der Waals surface area contributed by atoms with Crippen molar-refractivity contribution in [3.63, 3.8) is 0 Å². The lowest BCUT2D eigenvalue weighted by atomic mass is 9.99. The molecule has 4 nitrogen and oxygen atoms in total. The Balaban J connectivity index is 1.62. The van der Waals surface area contributed by atoms with E-state index in [0.717, 1.165) is 44.0 Å². The number of nitrogens with two attached hydrogens (primary N) is 1. The van der Waals surface area contributed by atoms with E-state index in [2.05, 4.69) is 29.3 Å². The third-order valence-electron chi connectivity index (χ3n) is 5.11. The average Bonchev–Trinajstić information content (AvgIpc) is 2.95. The monoisotopic (exact) mass is 301 g/mol. The van der Waals surface area contributed by atoms with Gasteiger partial charge in [-0.15, -0.1) is 0 Å². The zero-order chi connectivity index (χ0) is 15.5. The molecule has 120 valence electrons. The van der Waals surface area contributed by atoms with Gasteiger partial charge in [-0.05, 0) is 56.2 Å². The fraction of sp³-hybridized carbons (Fsp3) is 0.611. The minimum atomic E-state index is 0.0782. The second kappa shape index (κ2) is 6.69. The van der Waals surface area contributed by atoms with E-state index < -0.39 is 0 Å². The van der Waals surface area contributed by atoms with Crippen LogP contribution in [0.1, 0.15) is 39.0 Å². The van der Waals surface area contributed by atoms with E-state index in [4.69, 9.17) is 5.73 Å². The molecule has 2 unspecified atom stereocenters. The summed E-state index contributed by atoms with van der Waals surface area (Å²) in [5.74, 6) is 1.03. The summed E-state index contributed by atoms with van der Waals surface area (Å²) in [6.45, 7) is 4.53. The summed E-state index contributed by atoms with van der Waals surface area (Å²) in [7, 11) is 0. The Labute approximate surface area is 133 Å². The fourth-order valence-electron chi connectivity index (χ4n) is 3.55. The minimum Gasteiger partial charge on any atom is -0.371 e. The van der Waals surface area contributed by atoms with Crippen molar-refractivity contribution in [3.8, 4) is 0 Å². The molecule has 1 amide bonds. The predicted molar refractivity (Wildman–Crippen MR) is 91.0 cm³/mol. The van der Waals surface area contributed by atoms with Gasteiger partial charge in [-0.1, -0.05) is 13.0 Å². The first-order chi connectivity index (χ1) is 10.6. The molecule has 0 spiro atoms. The molecule has 1 aliphatic carbocycles. The van der Waals surface area contributed by atoms with Gasteiger partial charge in [-0.2, -0.15) is 0 Å². The Bertz CT molecular complexity index is 523. The molecule has 3 rings (SSSR count). The van der Waals surface area contributed by atoms with Crippen LogP contribution in [-0.2, 0) is 4.79 Å². The van der Waals surface area contributed by atoms with Crippen LogP contribution in [0.25, 0.3) is 0 Å². The molecule has 0 bridgehead atoms. The van der Waals surface area contributed by atoms with Crippen molar-refractivity contribution >= 4 is 17.3 Å². The van der Waals surface area contributed by atoms with Crippen LogP contribution < -0.4 is 16.0 Å². The van der Waals surface area contributed by atoms with E-state index in [1.165, 1.54) is 18.5 Å². The second-order valence-electron chi connectivity index (χ2n) is 6.98. The van der Waals surface area contributed by atoms with Crippen molar-refractivity contribution in [2.75, 3.05) is 23.3 Å². The van der Waals surface area contributed by atoms with E-state index >= 15 is 0 Å². The number of carbonyl (C=O) groups excluding carboxylic acids is 1. The molecular formula is C18H27N3O. The maximum absolute atomic E-state index is 12.3. The highest BCUT2D eigenvalue weighted by atomic mass is 16.1. The van der Waals surface area contributed by atoms with Gasteiger partial charge in [0.25, 0.3) is 0 Å². The maximum Gasteiger partial charge on any atom is 0.227 e. The summed E-state index contributed by atoms with van der Waals surface area (Å²) in [4.78, 5) is 14.7. The Kier molecular flexibility index (Phi) is 4.67. The van der Waals surface area contributed by atoms with Crippen molar-refractivity contribution < 1.29 is 4.79 Å². The zero-order valence-electron chi connectivity index (χ0n) is 13.4. The molecule has 0 radical (unpaired) electrons. The summed E-state index contributed by atoms with van der Waals surface area (Å²) >= 11 is 0. The van der Waals surface area contributed by atoms with Crippen molar-refractivity contribution in [3.05, 3.63) is 24.3 Å². The summed E-state index contributed by atoms with van der Waals surface area (Å²) in [6.07, 6.45) is 5.18. The molecule has 2 atom stereocenters. The Hall–Kier alpha value is -1.55. The first kappa shape index (κ1) is 15.3. The number of nitrogens with zero attached hydrogens (tertiary/aromatic N) is 1. The number of amides is 1. The number of rotatable bonds is 3. The average molecular weight is 301 g/mol. The van der Waals surface area contributed by atoms with Crippen LogP contribution in [0.2, 0.25) is 0 Å². The third kappa shape index (κ3) is 3.61. The smallest absolute Gasteiger partial charge is 0.227 e. The van der Waals surface area contributed by atoms with Gasteiger partial charge in [0.1, 0.15) is 0 Å². The van der Waals surface area contributed by atoms with Crippen LogP contribution in [0.3, 0.4) is 0 Å². The Morgan fingerprint density at radius 3 is 2.68 bits per heavy atom. The van der Waals surface area contributed by atoms with Crippen LogP contribution in [0.5, 0.6) is 0 Å². The van der Waals surface area contributed by atoms with Crippen LogP contribution in [-0.4, -0.2) is 25.0 Å².